The topological polar surface area (TPSA) is 40.5 Å². The molecule has 3 nitrogen and oxygen atoms in total. The highest BCUT2D eigenvalue weighted by Crippen LogP contribution is 2.34. The first-order chi connectivity index (χ1) is 7.59. The number of benzene rings is 1. The van der Waals surface area contributed by atoms with Gasteiger partial charge in [-0.3, -0.25) is 0 Å². The molecule has 1 heterocycles. The van der Waals surface area contributed by atoms with Crippen molar-refractivity contribution in [1.82, 2.24) is 0 Å². The number of carboxylic acids is 1. The van der Waals surface area contributed by atoms with Crippen LogP contribution in [0.25, 0.3) is 0 Å². The van der Waals surface area contributed by atoms with Gasteiger partial charge in [0, 0.05) is 22.0 Å². The van der Waals surface area contributed by atoms with E-state index in [0.29, 0.717) is 5.56 Å². The van der Waals surface area contributed by atoms with Crippen LogP contribution in [0, 0.1) is 0 Å². The molecule has 0 aromatic heterocycles. The minimum atomic E-state index is -0.913. The van der Waals surface area contributed by atoms with Crippen LogP contribution in [0.15, 0.2) is 33.2 Å². The molecule has 16 heavy (non-hydrogen) atoms. The highest BCUT2D eigenvalue weighted by molar-refractivity contribution is 9.11. The van der Waals surface area contributed by atoms with Crippen LogP contribution in [-0.4, -0.2) is 24.2 Å². The average Bonchev–Trinajstić information content (AvgIpc) is 2.69. The van der Waals surface area contributed by atoms with E-state index in [0.717, 1.165) is 27.7 Å². The van der Waals surface area contributed by atoms with Gasteiger partial charge in [0.1, 0.15) is 0 Å². The molecule has 0 fully saturated rings. The molecule has 0 aliphatic carbocycles. The smallest absolute Gasteiger partial charge is 0.337 e. The van der Waals surface area contributed by atoms with Gasteiger partial charge < -0.3 is 10.0 Å². The standard InChI is InChI=1S/C11H9Br2NO2/c12-7-5-8(11(15)16)10(9(13)6-7)14-3-1-2-4-14/h1-2,5-6H,3-4H2,(H,15,16). The number of rotatable bonds is 2. The summed E-state index contributed by atoms with van der Waals surface area (Å²) in [5.41, 5.74) is 1.05. The molecule has 1 aromatic carbocycles. The molecular formula is C11H9Br2NO2. The van der Waals surface area contributed by atoms with Crippen molar-refractivity contribution in [2.45, 2.75) is 0 Å². The first-order valence-electron chi connectivity index (χ1n) is 4.72. The number of nitrogens with zero attached hydrogens (tertiary/aromatic N) is 1. The molecule has 0 unspecified atom stereocenters. The number of aromatic carboxylic acids is 1. The third kappa shape index (κ3) is 2.15. The highest BCUT2D eigenvalue weighted by Gasteiger charge is 2.20. The van der Waals surface area contributed by atoms with E-state index in [1.165, 1.54) is 0 Å². The molecule has 1 aromatic rings. The molecule has 0 saturated carbocycles. The van der Waals surface area contributed by atoms with Crippen LogP contribution >= 0.6 is 31.9 Å². The van der Waals surface area contributed by atoms with Crippen LogP contribution in [0.4, 0.5) is 5.69 Å². The third-order valence-corrected chi connectivity index (χ3v) is 3.46. The SMILES string of the molecule is O=C(O)c1cc(Br)cc(Br)c1N1CC=CC1. The largest absolute Gasteiger partial charge is 0.478 e. The Morgan fingerprint density at radius 1 is 1.25 bits per heavy atom. The van der Waals surface area contributed by atoms with Crippen molar-refractivity contribution >= 4 is 43.5 Å². The minimum absolute atomic E-state index is 0.310. The zero-order valence-corrected chi connectivity index (χ0v) is 11.5. The van der Waals surface area contributed by atoms with Crippen LogP contribution in [-0.2, 0) is 0 Å². The van der Waals surface area contributed by atoms with Crippen LogP contribution in [0.2, 0.25) is 0 Å². The van der Waals surface area contributed by atoms with Crippen LogP contribution in [0.3, 0.4) is 0 Å². The molecular weight excluding hydrogens is 338 g/mol. The zero-order valence-electron chi connectivity index (χ0n) is 8.28. The third-order valence-electron chi connectivity index (χ3n) is 2.39. The zero-order chi connectivity index (χ0) is 11.7. The first-order valence-corrected chi connectivity index (χ1v) is 6.30. The van der Waals surface area contributed by atoms with E-state index in [-0.39, 0.29) is 0 Å². The Bertz CT molecular complexity index is 463. The molecule has 1 N–H and O–H groups in total. The van der Waals surface area contributed by atoms with Crippen molar-refractivity contribution < 1.29 is 9.90 Å². The van der Waals surface area contributed by atoms with Crippen LogP contribution in [0.1, 0.15) is 10.4 Å². The summed E-state index contributed by atoms with van der Waals surface area (Å²) in [5.74, 6) is -0.913. The number of halogens is 2. The van der Waals surface area contributed by atoms with Crippen molar-refractivity contribution in [1.29, 1.82) is 0 Å². The number of anilines is 1. The lowest BCUT2D eigenvalue weighted by atomic mass is 10.1. The predicted octanol–water partition coefficient (Wildman–Crippen LogP) is 3.29. The van der Waals surface area contributed by atoms with E-state index >= 15 is 0 Å². The molecule has 0 radical (unpaired) electrons. The van der Waals surface area contributed by atoms with Gasteiger partial charge in [0.15, 0.2) is 0 Å². The Morgan fingerprint density at radius 3 is 2.44 bits per heavy atom. The van der Waals surface area contributed by atoms with Gasteiger partial charge in [-0.05, 0) is 28.1 Å². The normalized spacial score (nSPS) is 14.5. The van der Waals surface area contributed by atoms with Gasteiger partial charge in [-0.1, -0.05) is 28.1 Å². The molecule has 84 valence electrons. The summed E-state index contributed by atoms with van der Waals surface area (Å²) >= 11 is 6.71. The summed E-state index contributed by atoms with van der Waals surface area (Å²) in [6.07, 6.45) is 4.06. The van der Waals surface area contributed by atoms with E-state index in [2.05, 4.69) is 31.9 Å². The molecule has 0 bridgehead atoms. The van der Waals surface area contributed by atoms with Gasteiger partial charge in [-0.25, -0.2) is 4.79 Å². The maximum absolute atomic E-state index is 11.2. The average molecular weight is 347 g/mol. The van der Waals surface area contributed by atoms with Crippen LogP contribution < -0.4 is 4.90 Å². The molecule has 0 amide bonds. The van der Waals surface area contributed by atoms with Crippen molar-refractivity contribution in [2.75, 3.05) is 18.0 Å². The van der Waals surface area contributed by atoms with Gasteiger partial charge in [-0.2, -0.15) is 0 Å². The Balaban J connectivity index is 2.52. The lowest BCUT2D eigenvalue weighted by molar-refractivity contribution is 0.0697. The van der Waals surface area contributed by atoms with Crippen LogP contribution in [0.5, 0.6) is 0 Å². The van der Waals surface area contributed by atoms with E-state index in [4.69, 9.17) is 0 Å². The molecule has 0 atom stereocenters. The highest BCUT2D eigenvalue weighted by atomic mass is 79.9. The Hall–Kier alpha value is -0.810. The van der Waals surface area contributed by atoms with E-state index in [9.17, 15) is 9.90 Å². The lowest BCUT2D eigenvalue weighted by Crippen LogP contribution is -2.22. The number of carbonyl (C=O) groups is 1. The summed E-state index contributed by atoms with van der Waals surface area (Å²) < 4.78 is 1.55. The number of hydrogen-bond donors (Lipinski definition) is 1. The molecule has 1 aliphatic heterocycles. The fourth-order valence-corrected chi connectivity index (χ4v) is 3.19. The number of hydrogen-bond acceptors (Lipinski definition) is 2. The lowest BCUT2D eigenvalue weighted by Gasteiger charge is -2.21. The first kappa shape index (κ1) is 11.7. The van der Waals surface area contributed by atoms with E-state index in [1.54, 1.807) is 6.07 Å². The van der Waals surface area contributed by atoms with Crippen molar-refractivity contribution in [3.05, 3.63) is 38.8 Å². The van der Waals surface area contributed by atoms with Gasteiger partial charge in [0.25, 0.3) is 0 Å². The minimum Gasteiger partial charge on any atom is -0.478 e. The Labute approximate surface area is 110 Å². The maximum Gasteiger partial charge on any atom is 0.337 e. The second-order valence-corrected chi connectivity index (χ2v) is 5.24. The molecule has 0 spiro atoms. The quantitative estimate of drug-likeness (QED) is 0.835. The summed E-state index contributed by atoms with van der Waals surface area (Å²) in [5, 5.41) is 9.19. The maximum atomic E-state index is 11.2. The molecule has 1 aliphatic rings. The summed E-state index contributed by atoms with van der Waals surface area (Å²) in [7, 11) is 0. The molecule has 5 heteroatoms. The summed E-state index contributed by atoms with van der Waals surface area (Å²) in [6.45, 7) is 1.50. The van der Waals surface area contributed by atoms with Crippen molar-refractivity contribution in [3.63, 3.8) is 0 Å². The van der Waals surface area contributed by atoms with E-state index < -0.39 is 5.97 Å². The Morgan fingerprint density at radius 2 is 1.88 bits per heavy atom. The van der Waals surface area contributed by atoms with Gasteiger partial charge in [0.05, 0.1) is 11.3 Å². The molecule has 2 rings (SSSR count). The second kappa shape index (κ2) is 4.59. The van der Waals surface area contributed by atoms with Gasteiger partial charge in [-0.15, -0.1) is 0 Å². The second-order valence-electron chi connectivity index (χ2n) is 3.47. The fraction of sp³-hybridized carbons (Fsp3) is 0.182. The summed E-state index contributed by atoms with van der Waals surface area (Å²) in [4.78, 5) is 13.2. The number of carboxylic acid groups (broad SMARTS) is 1. The van der Waals surface area contributed by atoms with Crippen molar-refractivity contribution in [2.24, 2.45) is 0 Å². The molecule has 0 saturated heterocycles. The monoisotopic (exact) mass is 345 g/mol. The van der Waals surface area contributed by atoms with Gasteiger partial charge >= 0.3 is 5.97 Å². The van der Waals surface area contributed by atoms with E-state index in [1.807, 2.05) is 23.1 Å². The predicted molar refractivity (Wildman–Crippen MR) is 70.2 cm³/mol. The Kier molecular flexibility index (Phi) is 3.35. The van der Waals surface area contributed by atoms with Gasteiger partial charge in [0.2, 0.25) is 0 Å². The van der Waals surface area contributed by atoms with Crippen molar-refractivity contribution in [3.8, 4) is 0 Å². The fourth-order valence-electron chi connectivity index (χ4n) is 1.71. The summed E-state index contributed by atoms with van der Waals surface area (Å²) in [6, 6.07) is 3.49.